The summed E-state index contributed by atoms with van der Waals surface area (Å²) in [6.45, 7) is 2.04. The topological polar surface area (TPSA) is 35.0 Å². The fourth-order valence-corrected chi connectivity index (χ4v) is 2.51. The average molecular weight is 342 g/mol. The number of halogens is 2. The molecule has 2 rings (SSSR count). The minimum atomic E-state index is 0.455. The van der Waals surface area contributed by atoms with E-state index in [1.165, 1.54) is 0 Å². The maximum atomic E-state index is 6.11. The molecule has 5 heteroatoms. The molecule has 0 bridgehead atoms. The first kappa shape index (κ1) is 14.3. The molecule has 0 saturated carbocycles. The van der Waals surface area contributed by atoms with Crippen LogP contribution in [0.3, 0.4) is 0 Å². The Bertz CT molecular complexity index is 590. The highest BCUT2D eigenvalue weighted by atomic mass is 79.9. The monoisotopic (exact) mass is 340 g/mol. The molecule has 0 fully saturated rings. The standard InChI is InChI=1S/C14H14BrClN2O/c1-3-10-13(15)14(16)18-12(17-10)8-9-6-4-5-7-11(9)19-2/h4-7H,3,8H2,1-2H3. The number of aromatic nitrogens is 2. The van der Waals surface area contributed by atoms with Crippen molar-refractivity contribution in [2.75, 3.05) is 7.11 Å². The number of aryl methyl sites for hydroxylation is 1. The van der Waals surface area contributed by atoms with E-state index in [2.05, 4.69) is 25.9 Å². The largest absolute Gasteiger partial charge is 0.496 e. The second kappa shape index (κ2) is 6.35. The molecule has 2 aromatic rings. The Morgan fingerprint density at radius 3 is 2.68 bits per heavy atom. The zero-order valence-electron chi connectivity index (χ0n) is 10.8. The van der Waals surface area contributed by atoms with Crippen molar-refractivity contribution in [3.63, 3.8) is 0 Å². The molecule has 0 radical (unpaired) electrons. The molecule has 1 aromatic heterocycles. The van der Waals surface area contributed by atoms with Crippen LogP contribution in [-0.4, -0.2) is 17.1 Å². The number of methoxy groups -OCH3 is 1. The number of benzene rings is 1. The van der Waals surface area contributed by atoms with E-state index in [1.54, 1.807) is 7.11 Å². The fourth-order valence-electron chi connectivity index (χ4n) is 1.84. The molecule has 0 unspecified atom stereocenters. The van der Waals surface area contributed by atoms with E-state index in [9.17, 15) is 0 Å². The minimum Gasteiger partial charge on any atom is -0.496 e. The van der Waals surface area contributed by atoms with Crippen LogP contribution in [0.4, 0.5) is 0 Å². The predicted octanol–water partition coefficient (Wildman–Crippen LogP) is 4.05. The Balaban J connectivity index is 2.36. The van der Waals surface area contributed by atoms with Gasteiger partial charge in [-0.1, -0.05) is 36.7 Å². The van der Waals surface area contributed by atoms with Crippen molar-refractivity contribution in [2.45, 2.75) is 19.8 Å². The van der Waals surface area contributed by atoms with Crippen LogP contribution < -0.4 is 4.74 Å². The number of rotatable bonds is 4. The first-order valence-electron chi connectivity index (χ1n) is 5.98. The lowest BCUT2D eigenvalue weighted by atomic mass is 10.1. The van der Waals surface area contributed by atoms with Crippen LogP contribution in [0.2, 0.25) is 5.15 Å². The zero-order valence-corrected chi connectivity index (χ0v) is 13.1. The molecule has 0 saturated heterocycles. The normalized spacial score (nSPS) is 10.5. The van der Waals surface area contributed by atoms with Gasteiger partial charge in [-0.05, 0) is 28.4 Å². The van der Waals surface area contributed by atoms with E-state index >= 15 is 0 Å². The van der Waals surface area contributed by atoms with E-state index in [0.29, 0.717) is 17.4 Å². The summed E-state index contributed by atoms with van der Waals surface area (Å²) in [5.41, 5.74) is 1.97. The fraction of sp³-hybridized carbons (Fsp3) is 0.286. The van der Waals surface area contributed by atoms with Gasteiger partial charge in [-0.2, -0.15) is 0 Å². The minimum absolute atomic E-state index is 0.455. The maximum Gasteiger partial charge on any atom is 0.147 e. The third-order valence-corrected chi connectivity index (χ3v) is 4.14. The van der Waals surface area contributed by atoms with Crippen LogP contribution in [0.25, 0.3) is 0 Å². The summed E-state index contributed by atoms with van der Waals surface area (Å²) in [6.07, 6.45) is 1.41. The second-order valence-electron chi connectivity index (χ2n) is 4.03. The molecule has 1 heterocycles. The summed E-state index contributed by atoms with van der Waals surface area (Å²) >= 11 is 9.51. The molecule has 0 aliphatic carbocycles. The number of para-hydroxylation sites is 1. The van der Waals surface area contributed by atoms with Gasteiger partial charge in [-0.15, -0.1) is 0 Å². The molecule has 0 atom stereocenters. The second-order valence-corrected chi connectivity index (χ2v) is 5.18. The summed E-state index contributed by atoms with van der Waals surface area (Å²) in [4.78, 5) is 8.83. The van der Waals surface area contributed by atoms with Crippen molar-refractivity contribution in [1.82, 2.24) is 9.97 Å². The maximum absolute atomic E-state index is 6.11. The van der Waals surface area contributed by atoms with Gasteiger partial charge < -0.3 is 4.74 Å². The van der Waals surface area contributed by atoms with Gasteiger partial charge in [0.15, 0.2) is 0 Å². The Kier molecular flexibility index (Phi) is 4.77. The molecular weight excluding hydrogens is 328 g/mol. The summed E-state index contributed by atoms with van der Waals surface area (Å²) < 4.78 is 6.11. The first-order valence-corrected chi connectivity index (χ1v) is 7.15. The van der Waals surface area contributed by atoms with E-state index in [1.807, 2.05) is 31.2 Å². The van der Waals surface area contributed by atoms with Crippen molar-refractivity contribution in [3.8, 4) is 5.75 Å². The number of nitrogens with zero attached hydrogens (tertiary/aromatic N) is 2. The zero-order chi connectivity index (χ0) is 13.8. The quantitative estimate of drug-likeness (QED) is 0.787. The highest BCUT2D eigenvalue weighted by Crippen LogP contribution is 2.26. The van der Waals surface area contributed by atoms with Gasteiger partial charge in [0.25, 0.3) is 0 Å². The summed E-state index contributed by atoms with van der Waals surface area (Å²) in [6, 6.07) is 7.84. The summed E-state index contributed by atoms with van der Waals surface area (Å²) in [7, 11) is 1.66. The van der Waals surface area contributed by atoms with E-state index in [4.69, 9.17) is 16.3 Å². The SMILES string of the molecule is CCc1nc(Cc2ccccc2OC)nc(Cl)c1Br. The van der Waals surface area contributed by atoms with Gasteiger partial charge in [0.1, 0.15) is 16.7 Å². The van der Waals surface area contributed by atoms with Gasteiger partial charge in [0.2, 0.25) is 0 Å². The average Bonchev–Trinajstić information content (AvgIpc) is 2.43. The number of hydrogen-bond acceptors (Lipinski definition) is 3. The van der Waals surface area contributed by atoms with Crippen molar-refractivity contribution in [1.29, 1.82) is 0 Å². The van der Waals surface area contributed by atoms with Crippen LogP contribution >= 0.6 is 27.5 Å². The van der Waals surface area contributed by atoms with Crippen molar-refractivity contribution >= 4 is 27.5 Å². The van der Waals surface area contributed by atoms with Gasteiger partial charge in [0.05, 0.1) is 17.3 Å². The van der Waals surface area contributed by atoms with Crippen molar-refractivity contribution in [2.24, 2.45) is 0 Å². The van der Waals surface area contributed by atoms with Crippen molar-refractivity contribution in [3.05, 3.63) is 51.0 Å². The lowest BCUT2D eigenvalue weighted by Crippen LogP contribution is -2.03. The third kappa shape index (κ3) is 3.25. The Morgan fingerprint density at radius 2 is 2.00 bits per heavy atom. The number of ether oxygens (including phenoxy) is 1. The van der Waals surface area contributed by atoms with Gasteiger partial charge >= 0.3 is 0 Å². The molecule has 0 N–H and O–H groups in total. The molecule has 0 spiro atoms. The van der Waals surface area contributed by atoms with Crippen LogP contribution in [0.15, 0.2) is 28.7 Å². The van der Waals surface area contributed by atoms with E-state index in [0.717, 1.165) is 27.9 Å². The highest BCUT2D eigenvalue weighted by Gasteiger charge is 2.11. The van der Waals surface area contributed by atoms with Crippen LogP contribution in [0, 0.1) is 0 Å². The smallest absolute Gasteiger partial charge is 0.147 e. The number of hydrogen-bond donors (Lipinski definition) is 0. The van der Waals surface area contributed by atoms with E-state index in [-0.39, 0.29) is 0 Å². The molecule has 100 valence electrons. The third-order valence-electron chi connectivity index (χ3n) is 2.80. The summed E-state index contributed by atoms with van der Waals surface area (Å²) in [5, 5.41) is 0.455. The molecule has 0 aliphatic rings. The lowest BCUT2D eigenvalue weighted by molar-refractivity contribution is 0.410. The van der Waals surface area contributed by atoms with E-state index < -0.39 is 0 Å². The molecule has 3 nitrogen and oxygen atoms in total. The highest BCUT2D eigenvalue weighted by molar-refractivity contribution is 9.10. The Labute approximate surface area is 126 Å². The van der Waals surface area contributed by atoms with Crippen molar-refractivity contribution < 1.29 is 4.74 Å². The van der Waals surface area contributed by atoms with Crippen LogP contribution in [0.1, 0.15) is 24.0 Å². The lowest BCUT2D eigenvalue weighted by Gasteiger charge is -2.09. The van der Waals surface area contributed by atoms with Gasteiger partial charge in [-0.3, -0.25) is 0 Å². The molecular formula is C14H14BrClN2O. The predicted molar refractivity (Wildman–Crippen MR) is 79.9 cm³/mol. The Morgan fingerprint density at radius 1 is 1.26 bits per heavy atom. The molecule has 0 amide bonds. The van der Waals surface area contributed by atoms with Crippen LogP contribution in [0.5, 0.6) is 5.75 Å². The van der Waals surface area contributed by atoms with Crippen LogP contribution in [-0.2, 0) is 12.8 Å². The molecule has 0 aliphatic heterocycles. The first-order chi connectivity index (χ1) is 9.15. The van der Waals surface area contributed by atoms with Gasteiger partial charge in [-0.25, -0.2) is 9.97 Å². The Hall–Kier alpha value is -1.13. The van der Waals surface area contributed by atoms with Gasteiger partial charge in [0, 0.05) is 12.0 Å². The molecule has 19 heavy (non-hydrogen) atoms. The summed E-state index contributed by atoms with van der Waals surface area (Å²) in [5.74, 6) is 1.54. The molecule has 1 aromatic carbocycles.